The summed E-state index contributed by atoms with van der Waals surface area (Å²) in [5.74, 6) is 0. The normalized spacial score (nSPS) is 33.3. The Balaban J connectivity index is 1.81. The smallest absolute Gasteiger partial charge is 0.335 e. The molecule has 1 unspecified atom stereocenters. The van der Waals surface area contributed by atoms with Crippen molar-refractivity contribution in [2.75, 3.05) is 13.2 Å². The number of hydrogen-bond donors (Lipinski definition) is 0. The van der Waals surface area contributed by atoms with Gasteiger partial charge >= 0.3 is 17.1 Å². The summed E-state index contributed by atoms with van der Waals surface area (Å²) in [6, 6.07) is 10.0. The zero-order valence-electron chi connectivity index (χ0n) is 23.7. The minimum absolute atomic E-state index is 0.213. The van der Waals surface area contributed by atoms with Crippen LogP contribution in [0.4, 0.5) is 0 Å². The second-order valence-electron chi connectivity index (χ2n) is 11.7. The molecule has 0 radical (unpaired) electrons. The van der Waals surface area contributed by atoms with Gasteiger partial charge in [-0.25, -0.2) is 0 Å². The third kappa shape index (κ3) is 5.44. The van der Waals surface area contributed by atoms with Gasteiger partial charge in [-0.15, -0.1) is 6.58 Å². The lowest BCUT2D eigenvalue weighted by atomic mass is 9.98. The number of ether oxygens (including phenoxy) is 4. The quantitative estimate of drug-likeness (QED) is 0.276. The van der Waals surface area contributed by atoms with Gasteiger partial charge in [0.15, 0.2) is 12.6 Å². The molecule has 1 aromatic carbocycles. The van der Waals surface area contributed by atoms with E-state index in [4.69, 9.17) is 31.9 Å². The highest BCUT2D eigenvalue weighted by atomic mass is 28.5. The second kappa shape index (κ2) is 11.7. The van der Waals surface area contributed by atoms with Crippen molar-refractivity contribution >= 4 is 17.1 Å². The lowest BCUT2D eigenvalue weighted by Crippen LogP contribution is -2.65. The lowest BCUT2D eigenvalue weighted by Gasteiger charge is -2.50. The van der Waals surface area contributed by atoms with Gasteiger partial charge in [0, 0.05) is 5.56 Å². The van der Waals surface area contributed by atoms with E-state index >= 15 is 0 Å². The molecule has 208 valence electrons. The summed E-state index contributed by atoms with van der Waals surface area (Å²) in [6.07, 6.45) is -1.04. The van der Waals surface area contributed by atoms with E-state index in [-0.39, 0.29) is 34.4 Å². The van der Waals surface area contributed by atoms with Crippen LogP contribution in [0.5, 0.6) is 0 Å². The average molecular weight is 551 g/mol. The van der Waals surface area contributed by atoms with Gasteiger partial charge in [0.25, 0.3) is 0 Å². The number of benzene rings is 1. The standard InChI is InChI=1S/C28H46O7Si2/c1-10-16-29-28-26-25(24-23(31-28)17-30-27(32-24)22-14-12-11-13-15-22)33-36(18(2)3,19(4)5)35-37(34-26,20(6)7)21(8)9/h10-15,18-21,23-28H,1,16-17H2,2-9H3/t23-,24-,25+,26-,27-,28?/m1/s1. The number of fused-ring (bicyclic) bond motifs is 3. The lowest BCUT2D eigenvalue weighted by molar-refractivity contribution is -0.355. The van der Waals surface area contributed by atoms with E-state index in [2.05, 4.69) is 62.0 Å². The van der Waals surface area contributed by atoms with Gasteiger partial charge in [-0.1, -0.05) is 91.8 Å². The van der Waals surface area contributed by atoms with Crippen LogP contribution in [-0.2, 0) is 31.9 Å². The maximum absolute atomic E-state index is 7.38. The van der Waals surface area contributed by atoms with Crippen LogP contribution in [0.15, 0.2) is 43.0 Å². The van der Waals surface area contributed by atoms with Crippen LogP contribution in [0.2, 0.25) is 22.2 Å². The summed E-state index contributed by atoms with van der Waals surface area (Å²) in [7, 11) is -5.62. The molecule has 0 aliphatic carbocycles. The summed E-state index contributed by atoms with van der Waals surface area (Å²) < 4.78 is 47.4. The van der Waals surface area contributed by atoms with Gasteiger partial charge in [0.2, 0.25) is 0 Å². The fourth-order valence-corrected chi connectivity index (χ4v) is 17.2. The van der Waals surface area contributed by atoms with Crippen LogP contribution in [0.1, 0.15) is 67.2 Å². The van der Waals surface area contributed by atoms with Gasteiger partial charge in [-0.05, 0) is 22.2 Å². The van der Waals surface area contributed by atoms with Crippen LogP contribution in [0.3, 0.4) is 0 Å². The Hall–Kier alpha value is -0.886. The first kappa shape index (κ1) is 29.1. The molecule has 3 aliphatic heterocycles. The maximum Gasteiger partial charge on any atom is 0.335 e. The Morgan fingerprint density at radius 1 is 0.838 bits per heavy atom. The van der Waals surface area contributed by atoms with Crippen LogP contribution in [-0.4, -0.2) is 61.0 Å². The van der Waals surface area contributed by atoms with E-state index in [1.165, 1.54) is 0 Å². The molecule has 0 amide bonds. The van der Waals surface area contributed by atoms with Gasteiger partial charge in [0.1, 0.15) is 24.4 Å². The minimum atomic E-state index is -2.81. The number of hydrogen-bond acceptors (Lipinski definition) is 7. The molecule has 3 fully saturated rings. The predicted octanol–water partition coefficient (Wildman–Crippen LogP) is 6.35. The van der Waals surface area contributed by atoms with Crippen LogP contribution < -0.4 is 0 Å². The molecule has 0 spiro atoms. The molecule has 6 atom stereocenters. The first-order chi connectivity index (χ1) is 17.6. The Labute approximate surface area is 225 Å². The van der Waals surface area contributed by atoms with E-state index in [1.807, 2.05) is 30.3 Å². The molecule has 3 saturated heterocycles. The topological polar surface area (TPSA) is 64.6 Å². The molecule has 0 aromatic heterocycles. The third-order valence-electron chi connectivity index (χ3n) is 7.91. The van der Waals surface area contributed by atoms with E-state index in [0.717, 1.165) is 5.56 Å². The zero-order chi connectivity index (χ0) is 27.0. The van der Waals surface area contributed by atoms with Crippen LogP contribution in [0, 0.1) is 0 Å². The largest absolute Gasteiger partial charge is 0.414 e. The predicted molar refractivity (Wildman–Crippen MR) is 148 cm³/mol. The number of rotatable bonds is 8. The monoisotopic (exact) mass is 550 g/mol. The fraction of sp³-hybridized carbons (Fsp3) is 0.714. The minimum Gasteiger partial charge on any atom is -0.414 e. The molecule has 0 saturated carbocycles. The SMILES string of the molecule is C=CCOC1O[C@@H]2CO[C@@H](c3ccccc3)O[C@H]2[C@@H]2O[Si](C(C)C)(C(C)C)O[Si](C(C)C)(C(C)C)O[C@@H]12. The first-order valence-corrected chi connectivity index (χ1v) is 17.8. The summed E-state index contributed by atoms with van der Waals surface area (Å²) in [6.45, 7) is 22.3. The summed E-state index contributed by atoms with van der Waals surface area (Å²) >= 11 is 0. The Morgan fingerprint density at radius 3 is 1.95 bits per heavy atom. The summed E-state index contributed by atoms with van der Waals surface area (Å²) in [5.41, 5.74) is 1.84. The van der Waals surface area contributed by atoms with Gasteiger partial charge in [-0.3, -0.25) is 0 Å². The molecule has 0 bridgehead atoms. The van der Waals surface area contributed by atoms with Crippen molar-refractivity contribution in [3.63, 3.8) is 0 Å². The molecule has 4 rings (SSSR count). The molecule has 3 heterocycles. The molecule has 37 heavy (non-hydrogen) atoms. The van der Waals surface area contributed by atoms with Crippen molar-refractivity contribution in [2.45, 2.75) is 115 Å². The zero-order valence-corrected chi connectivity index (χ0v) is 25.7. The Kier molecular flexibility index (Phi) is 9.20. The average Bonchev–Trinajstić information content (AvgIpc) is 3.05. The summed E-state index contributed by atoms with van der Waals surface area (Å²) in [4.78, 5) is 0. The van der Waals surface area contributed by atoms with Crippen molar-refractivity contribution in [3.05, 3.63) is 48.6 Å². The molecule has 3 aliphatic rings. The van der Waals surface area contributed by atoms with Crippen molar-refractivity contribution in [1.82, 2.24) is 0 Å². The molecular formula is C28H46O7Si2. The Morgan fingerprint density at radius 2 is 1.41 bits per heavy atom. The first-order valence-electron chi connectivity index (χ1n) is 13.8. The van der Waals surface area contributed by atoms with E-state index in [1.54, 1.807) is 6.08 Å². The van der Waals surface area contributed by atoms with E-state index in [9.17, 15) is 0 Å². The highest BCUT2D eigenvalue weighted by Gasteiger charge is 2.65. The van der Waals surface area contributed by atoms with Gasteiger partial charge in [-0.2, -0.15) is 0 Å². The molecular weight excluding hydrogens is 504 g/mol. The van der Waals surface area contributed by atoms with Crippen LogP contribution in [0.25, 0.3) is 0 Å². The molecule has 0 N–H and O–H groups in total. The highest BCUT2D eigenvalue weighted by Crippen LogP contribution is 2.50. The molecule has 1 aromatic rings. The van der Waals surface area contributed by atoms with E-state index in [0.29, 0.717) is 13.2 Å². The van der Waals surface area contributed by atoms with Crippen molar-refractivity contribution < 1.29 is 31.9 Å². The van der Waals surface area contributed by atoms with Crippen molar-refractivity contribution in [3.8, 4) is 0 Å². The van der Waals surface area contributed by atoms with Crippen molar-refractivity contribution in [2.24, 2.45) is 0 Å². The van der Waals surface area contributed by atoms with Crippen LogP contribution >= 0.6 is 0 Å². The van der Waals surface area contributed by atoms with Gasteiger partial charge in [0.05, 0.1) is 13.2 Å². The second-order valence-corrected chi connectivity index (χ2v) is 20.5. The Bertz CT molecular complexity index is 878. The highest BCUT2D eigenvalue weighted by molar-refractivity contribution is 6.84. The molecule has 9 heteroatoms. The molecule has 7 nitrogen and oxygen atoms in total. The van der Waals surface area contributed by atoms with E-state index < -0.39 is 41.9 Å². The third-order valence-corrected chi connectivity index (χ3v) is 18.2. The maximum atomic E-state index is 7.38. The fourth-order valence-electron chi connectivity index (χ4n) is 5.95. The van der Waals surface area contributed by atoms with Gasteiger partial charge < -0.3 is 31.9 Å². The summed E-state index contributed by atoms with van der Waals surface area (Å²) in [5, 5.41) is 0. The van der Waals surface area contributed by atoms with Crippen molar-refractivity contribution in [1.29, 1.82) is 0 Å².